The lowest BCUT2D eigenvalue weighted by Crippen LogP contribution is -2.28. The Bertz CT molecular complexity index is 745. The zero-order chi connectivity index (χ0) is 18.4. The monoisotopic (exact) mass is 377 g/mol. The minimum Gasteiger partial charge on any atom is -0.480 e. The van der Waals surface area contributed by atoms with Crippen LogP contribution in [-0.4, -0.2) is 34.3 Å². The number of carbonyl (C=O) groups is 2. The van der Waals surface area contributed by atoms with Gasteiger partial charge in [0, 0.05) is 23.7 Å². The first kappa shape index (κ1) is 19.3. The van der Waals surface area contributed by atoms with Crippen LogP contribution in [0.2, 0.25) is 5.02 Å². The summed E-state index contributed by atoms with van der Waals surface area (Å²) in [6, 6.07) is 14.6. The summed E-state index contributed by atoms with van der Waals surface area (Å²) in [7, 11) is 0. The van der Waals surface area contributed by atoms with E-state index in [0.29, 0.717) is 23.7 Å². The normalized spacial score (nSPS) is 11.8. The molecule has 1 unspecified atom stereocenters. The fraction of sp³-hybridized carbons (Fsp3) is 0.263. The van der Waals surface area contributed by atoms with Crippen molar-refractivity contribution >= 4 is 34.6 Å². The van der Waals surface area contributed by atoms with Gasteiger partial charge in [0.2, 0.25) is 0 Å². The molecule has 0 radical (unpaired) electrons. The van der Waals surface area contributed by atoms with Gasteiger partial charge in [0.15, 0.2) is 0 Å². The van der Waals surface area contributed by atoms with Crippen LogP contribution in [-0.2, 0) is 4.79 Å². The zero-order valence-electron chi connectivity index (χ0n) is 14.1. The molecule has 25 heavy (non-hydrogen) atoms. The summed E-state index contributed by atoms with van der Waals surface area (Å²) in [4.78, 5) is 25.5. The third-order valence-corrected chi connectivity index (χ3v) is 5.36. The summed E-state index contributed by atoms with van der Waals surface area (Å²) >= 11 is 7.03. The lowest BCUT2D eigenvalue weighted by molar-refractivity contribution is -0.136. The Balaban J connectivity index is 2.24. The number of carboxylic acid groups (broad SMARTS) is 1. The average molecular weight is 378 g/mol. The number of nitrogens with zero attached hydrogens (tertiary/aromatic N) is 1. The molecule has 2 rings (SSSR count). The highest BCUT2D eigenvalue weighted by Crippen LogP contribution is 2.34. The number of aliphatic carboxylic acids is 1. The molecule has 0 spiro atoms. The summed E-state index contributed by atoms with van der Waals surface area (Å²) in [5.74, 6) is -1.03. The highest BCUT2D eigenvalue weighted by atomic mass is 35.5. The molecule has 4 nitrogen and oxygen atoms in total. The molecule has 2 aromatic rings. The van der Waals surface area contributed by atoms with E-state index in [1.807, 2.05) is 50.2 Å². The Morgan fingerprint density at radius 1 is 1.08 bits per heavy atom. The third-order valence-electron chi connectivity index (χ3n) is 3.86. The molecule has 0 aliphatic carbocycles. The number of carbonyl (C=O) groups excluding carboxylic acids is 1. The molecular weight excluding hydrogens is 358 g/mol. The van der Waals surface area contributed by atoms with Crippen molar-refractivity contribution in [3.8, 4) is 11.1 Å². The molecule has 0 fully saturated rings. The van der Waals surface area contributed by atoms with Crippen LogP contribution in [0.5, 0.6) is 0 Å². The van der Waals surface area contributed by atoms with Crippen LogP contribution in [0, 0.1) is 0 Å². The van der Waals surface area contributed by atoms with Gasteiger partial charge in [-0.05, 0) is 42.8 Å². The predicted octanol–water partition coefficient (Wildman–Crippen LogP) is 5.33. The maximum absolute atomic E-state index is 12.2. The van der Waals surface area contributed by atoms with Crippen LogP contribution in [0.25, 0.3) is 11.1 Å². The Labute approximate surface area is 156 Å². The number of halogens is 1. The quantitative estimate of drug-likeness (QED) is 0.739. The third kappa shape index (κ3) is 4.77. The fourth-order valence-electron chi connectivity index (χ4n) is 2.45. The Morgan fingerprint density at radius 3 is 2.20 bits per heavy atom. The molecule has 6 heteroatoms. The van der Waals surface area contributed by atoms with Gasteiger partial charge >= 0.3 is 5.97 Å². The van der Waals surface area contributed by atoms with Crippen LogP contribution in [0.4, 0.5) is 4.79 Å². The average Bonchev–Trinajstić information content (AvgIpc) is 2.61. The fourth-order valence-corrected chi connectivity index (χ4v) is 3.70. The summed E-state index contributed by atoms with van der Waals surface area (Å²) < 4.78 is 0. The molecule has 132 valence electrons. The van der Waals surface area contributed by atoms with E-state index < -0.39 is 11.2 Å². The van der Waals surface area contributed by atoms with E-state index in [-0.39, 0.29) is 5.24 Å². The van der Waals surface area contributed by atoms with E-state index in [1.54, 1.807) is 17.0 Å². The molecule has 0 bridgehead atoms. The van der Waals surface area contributed by atoms with Crippen molar-refractivity contribution in [2.45, 2.75) is 19.1 Å². The summed E-state index contributed by atoms with van der Waals surface area (Å²) in [6.45, 7) is 4.85. The number of benzene rings is 2. The molecule has 0 aliphatic heterocycles. The van der Waals surface area contributed by atoms with Crippen LogP contribution < -0.4 is 0 Å². The number of thioether (sulfide) groups is 1. The van der Waals surface area contributed by atoms with Crippen LogP contribution in [0.15, 0.2) is 48.5 Å². The Morgan fingerprint density at radius 2 is 1.68 bits per heavy atom. The van der Waals surface area contributed by atoms with Gasteiger partial charge in [0.05, 0.1) is 0 Å². The molecule has 0 heterocycles. The Kier molecular flexibility index (Phi) is 6.91. The van der Waals surface area contributed by atoms with E-state index in [9.17, 15) is 14.7 Å². The second kappa shape index (κ2) is 8.92. The van der Waals surface area contributed by atoms with Crippen molar-refractivity contribution in [2.75, 3.05) is 13.1 Å². The minimum atomic E-state index is -1.03. The molecule has 0 saturated heterocycles. The SMILES string of the molecule is CCN(CC)C(=O)SC(C(=O)O)c1ccc(-c2ccccc2Cl)cc1. The molecule has 0 aromatic heterocycles. The molecule has 1 N–H and O–H groups in total. The number of rotatable bonds is 6. The maximum Gasteiger partial charge on any atom is 0.321 e. The largest absolute Gasteiger partial charge is 0.480 e. The number of amides is 1. The second-order valence-electron chi connectivity index (χ2n) is 5.38. The van der Waals surface area contributed by atoms with Crippen LogP contribution in [0.1, 0.15) is 24.7 Å². The lowest BCUT2D eigenvalue weighted by atomic mass is 10.0. The van der Waals surface area contributed by atoms with Gasteiger partial charge in [-0.15, -0.1) is 0 Å². The van der Waals surface area contributed by atoms with Gasteiger partial charge in [-0.2, -0.15) is 0 Å². The van der Waals surface area contributed by atoms with Crippen molar-refractivity contribution in [3.05, 3.63) is 59.1 Å². The van der Waals surface area contributed by atoms with Crippen LogP contribution >= 0.6 is 23.4 Å². The maximum atomic E-state index is 12.2. The van der Waals surface area contributed by atoms with Gasteiger partial charge in [0.1, 0.15) is 5.25 Å². The summed E-state index contributed by atoms with van der Waals surface area (Å²) in [5.41, 5.74) is 2.36. The number of carboxylic acids is 1. The zero-order valence-corrected chi connectivity index (χ0v) is 15.7. The van der Waals surface area contributed by atoms with E-state index in [0.717, 1.165) is 22.9 Å². The van der Waals surface area contributed by atoms with Crippen molar-refractivity contribution in [2.24, 2.45) is 0 Å². The predicted molar refractivity (Wildman–Crippen MR) is 103 cm³/mol. The minimum absolute atomic E-state index is 0.229. The van der Waals surface area contributed by atoms with Gasteiger partial charge in [-0.25, -0.2) is 0 Å². The molecule has 1 amide bonds. The van der Waals surface area contributed by atoms with Gasteiger partial charge in [-0.3, -0.25) is 9.59 Å². The van der Waals surface area contributed by atoms with Crippen molar-refractivity contribution in [1.82, 2.24) is 4.90 Å². The van der Waals surface area contributed by atoms with E-state index >= 15 is 0 Å². The molecule has 0 aliphatic rings. The number of hydrogen-bond acceptors (Lipinski definition) is 3. The topological polar surface area (TPSA) is 57.6 Å². The smallest absolute Gasteiger partial charge is 0.321 e. The molecular formula is C19H20ClNO3S. The molecule has 0 saturated carbocycles. The summed E-state index contributed by atoms with van der Waals surface area (Å²) in [6.07, 6.45) is 0. The first-order valence-electron chi connectivity index (χ1n) is 8.01. The lowest BCUT2D eigenvalue weighted by Gasteiger charge is -2.20. The second-order valence-corrected chi connectivity index (χ2v) is 6.84. The van der Waals surface area contributed by atoms with Crippen molar-refractivity contribution < 1.29 is 14.7 Å². The highest BCUT2D eigenvalue weighted by molar-refractivity contribution is 8.14. The molecule has 1 atom stereocenters. The van der Waals surface area contributed by atoms with E-state index in [2.05, 4.69) is 0 Å². The Hall–Kier alpha value is -1.98. The van der Waals surface area contributed by atoms with Gasteiger partial charge < -0.3 is 10.0 Å². The van der Waals surface area contributed by atoms with E-state index in [4.69, 9.17) is 11.6 Å². The first-order valence-corrected chi connectivity index (χ1v) is 9.26. The van der Waals surface area contributed by atoms with Gasteiger partial charge in [-0.1, -0.05) is 54.1 Å². The van der Waals surface area contributed by atoms with Gasteiger partial charge in [0.25, 0.3) is 5.24 Å². The van der Waals surface area contributed by atoms with E-state index in [1.165, 1.54) is 0 Å². The van der Waals surface area contributed by atoms with Crippen LogP contribution in [0.3, 0.4) is 0 Å². The number of hydrogen-bond donors (Lipinski definition) is 1. The highest BCUT2D eigenvalue weighted by Gasteiger charge is 2.26. The van der Waals surface area contributed by atoms with Crippen molar-refractivity contribution in [1.29, 1.82) is 0 Å². The summed E-state index contributed by atoms with van der Waals surface area (Å²) in [5, 5.41) is 8.99. The first-order chi connectivity index (χ1) is 12.0. The van der Waals surface area contributed by atoms with Crippen molar-refractivity contribution in [3.63, 3.8) is 0 Å². The standard InChI is InChI=1S/C19H20ClNO3S/c1-3-21(4-2)19(24)25-17(18(22)23)14-11-9-13(10-12-14)15-7-5-6-8-16(15)20/h5-12,17H,3-4H2,1-2H3,(H,22,23). The molecule has 2 aromatic carbocycles.